The first-order valence-corrected chi connectivity index (χ1v) is 7.18. The van der Waals surface area contributed by atoms with Crippen LogP contribution in [-0.2, 0) is 4.79 Å². The van der Waals surface area contributed by atoms with Crippen LogP contribution in [0.5, 0.6) is 0 Å². The van der Waals surface area contributed by atoms with Gasteiger partial charge in [0.25, 0.3) is 0 Å². The van der Waals surface area contributed by atoms with Gasteiger partial charge in [-0.05, 0) is 6.42 Å². The van der Waals surface area contributed by atoms with Crippen molar-refractivity contribution in [1.29, 1.82) is 0 Å². The van der Waals surface area contributed by atoms with E-state index in [-0.39, 0.29) is 11.9 Å². The number of amides is 3. The molecule has 98 valence electrons. The molecule has 0 aliphatic carbocycles. The predicted octanol–water partition coefficient (Wildman–Crippen LogP) is 0.706. The van der Waals surface area contributed by atoms with E-state index in [2.05, 4.69) is 22.9 Å². The van der Waals surface area contributed by atoms with Crippen LogP contribution < -0.4 is 16.0 Å². The minimum atomic E-state index is 0.00491. The molecule has 0 spiro atoms. The van der Waals surface area contributed by atoms with Crippen molar-refractivity contribution >= 4 is 23.7 Å². The van der Waals surface area contributed by atoms with Crippen LogP contribution >= 0.6 is 11.8 Å². The third-order valence-electron chi connectivity index (χ3n) is 2.75. The summed E-state index contributed by atoms with van der Waals surface area (Å²) >= 11 is 1.89. The lowest BCUT2D eigenvalue weighted by atomic mass is 10.2. The lowest BCUT2D eigenvalue weighted by molar-refractivity contribution is -0.120. The molecule has 17 heavy (non-hydrogen) atoms. The van der Waals surface area contributed by atoms with Gasteiger partial charge >= 0.3 is 6.03 Å². The molecule has 0 radical (unpaired) electrons. The topological polar surface area (TPSA) is 70.2 Å². The summed E-state index contributed by atoms with van der Waals surface area (Å²) in [6.45, 7) is 2.07. The van der Waals surface area contributed by atoms with Crippen LogP contribution in [0, 0.1) is 0 Å². The molecular formula is C11H21N3O2S. The molecule has 0 bridgehead atoms. The first-order chi connectivity index (χ1) is 8.17. The number of nitrogens with one attached hydrogen (secondary N) is 3. The van der Waals surface area contributed by atoms with Crippen LogP contribution in [0.25, 0.3) is 0 Å². The van der Waals surface area contributed by atoms with E-state index in [1.807, 2.05) is 11.8 Å². The fourth-order valence-electron chi connectivity index (χ4n) is 1.68. The maximum absolute atomic E-state index is 10.6. The quantitative estimate of drug-likeness (QED) is 0.654. The van der Waals surface area contributed by atoms with Crippen molar-refractivity contribution in [3.8, 4) is 0 Å². The number of rotatable bonds is 3. The summed E-state index contributed by atoms with van der Waals surface area (Å²) in [4.78, 5) is 21.1. The smallest absolute Gasteiger partial charge is 0.315 e. The highest BCUT2D eigenvalue weighted by atomic mass is 32.2. The van der Waals surface area contributed by atoms with E-state index in [1.165, 1.54) is 0 Å². The van der Waals surface area contributed by atoms with Crippen molar-refractivity contribution in [2.45, 2.75) is 38.3 Å². The van der Waals surface area contributed by atoms with Gasteiger partial charge in [0.05, 0.1) is 12.1 Å². The van der Waals surface area contributed by atoms with Crippen molar-refractivity contribution in [3.63, 3.8) is 0 Å². The Labute approximate surface area is 106 Å². The lowest BCUT2D eigenvalue weighted by Crippen LogP contribution is -2.31. The van der Waals surface area contributed by atoms with E-state index < -0.39 is 0 Å². The summed E-state index contributed by atoms with van der Waals surface area (Å²) in [5.41, 5.74) is 0. The maximum Gasteiger partial charge on any atom is 0.315 e. The standard InChI is InChI=1S/C6H13NO.C5H8N2OS/c1-3-4-5-6(8)7-2;8-5-6-3-1-9-2-4(3)7-5/h3-5H2,1-2H3,(H,7,8);3-4H,1-2H2,(H2,6,7,8). The molecule has 0 aromatic rings. The third kappa shape index (κ3) is 4.85. The summed E-state index contributed by atoms with van der Waals surface area (Å²) in [6, 6.07) is 0.815. The van der Waals surface area contributed by atoms with E-state index in [4.69, 9.17) is 0 Å². The fraction of sp³-hybridized carbons (Fsp3) is 0.818. The third-order valence-corrected chi connectivity index (χ3v) is 3.94. The van der Waals surface area contributed by atoms with Crippen molar-refractivity contribution in [3.05, 3.63) is 0 Å². The summed E-state index contributed by atoms with van der Waals surface area (Å²) < 4.78 is 0. The van der Waals surface area contributed by atoms with Gasteiger partial charge in [0.15, 0.2) is 0 Å². The molecule has 2 aliphatic heterocycles. The molecule has 2 aliphatic rings. The fourth-order valence-corrected chi connectivity index (χ4v) is 2.95. The maximum atomic E-state index is 10.6. The molecule has 2 fully saturated rings. The highest BCUT2D eigenvalue weighted by Gasteiger charge is 2.35. The van der Waals surface area contributed by atoms with Crippen molar-refractivity contribution in [1.82, 2.24) is 16.0 Å². The number of carbonyl (C=O) groups excluding carboxylic acids is 2. The number of carbonyl (C=O) groups is 2. The molecule has 6 heteroatoms. The van der Waals surface area contributed by atoms with Gasteiger partial charge in [0, 0.05) is 25.0 Å². The van der Waals surface area contributed by atoms with Crippen molar-refractivity contribution < 1.29 is 9.59 Å². The van der Waals surface area contributed by atoms with Gasteiger partial charge in [-0.2, -0.15) is 11.8 Å². The summed E-state index contributed by atoms with van der Waals surface area (Å²) in [5, 5.41) is 8.25. The molecule has 3 N–H and O–H groups in total. The Morgan fingerprint density at radius 3 is 2.47 bits per heavy atom. The molecule has 2 unspecified atom stereocenters. The van der Waals surface area contributed by atoms with Crippen molar-refractivity contribution in [2.24, 2.45) is 0 Å². The Hall–Kier alpha value is -0.910. The highest BCUT2D eigenvalue weighted by molar-refractivity contribution is 7.99. The first-order valence-electron chi connectivity index (χ1n) is 6.02. The SMILES string of the molecule is CCCCC(=O)NC.O=C1NC2CSCC2N1. The highest BCUT2D eigenvalue weighted by Crippen LogP contribution is 2.20. The number of hydrogen-bond acceptors (Lipinski definition) is 3. The van der Waals surface area contributed by atoms with E-state index >= 15 is 0 Å². The van der Waals surface area contributed by atoms with Gasteiger partial charge in [0.2, 0.25) is 5.91 Å². The summed E-state index contributed by atoms with van der Waals surface area (Å²) in [7, 11) is 1.66. The zero-order valence-electron chi connectivity index (χ0n) is 10.4. The number of unbranched alkanes of at least 4 members (excludes halogenated alkanes) is 1. The van der Waals surface area contributed by atoms with Gasteiger partial charge in [-0.1, -0.05) is 13.3 Å². The summed E-state index contributed by atoms with van der Waals surface area (Å²) in [5.74, 6) is 2.29. The Morgan fingerprint density at radius 2 is 2.00 bits per heavy atom. The van der Waals surface area contributed by atoms with Crippen LogP contribution in [0.2, 0.25) is 0 Å². The second-order valence-electron chi connectivity index (χ2n) is 4.14. The van der Waals surface area contributed by atoms with Crippen molar-refractivity contribution in [2.75, 3.05) is 18.6 Å². The molecule has 2 heterocycles. The van der Waals surface area contributed by atoms with E-state index in [0.717, 1.165) is 24.3 Å². The zero-order valence-corrected chi connectivity index (χ0v) is 11.2. The van der Waals surface area contributed by atoms with Gasteiger partial charge in [-0.3, -0.25) is 4.79 Å². The Kier molecular flexibility index (Phi) is 6.18. The second kappa shape index (κ2) is 7.42. The van der Waals surface area contributed by atoms with E-state index in [0.29, 0.717) is 18.5 Å². The van der Waals surface area contributed by atoms with Crippen LogP contribution in [-0.4, -0.2) is 42.6 Å². The number of hydrogen-bond donors (Lipinski definition) is 3. The van der Waals surface area contributed by atoms with Gasteiger partial charge in [0.1, 0.15) is 0 Å². The first kappa shape index (κ1) is 14.2. The Bertz CT molecular complexity index is 259. The average Bonchev–Trinajstić information content (AvgIpc) is 2.86. The molecule has 0 aromatic heterocycles. The van der Waals surface area contributed by atoms with E-state index in [9.17, 15) is 9.59 Å². The number of fused-ring (bicyclic) bond motifs is 1. The molecule has 2 atom stereocenters. The van der Waals surface area contributed by atoms with Gasteiger partial charge in [-0.15, -0.1) is 0 Å². The number of urea groups is 1. The Balaban J connectivity index is 0.000000172. The Morgan fingerprint density at radius 1 is 1.41 bits per heavy atom. The number of thioether (sulfide) groups is 1. The van der Waals surface area contributed by atoms with Crippen LogP contribution in [0.1, 0.15) is 26.2 Å². The monoisotopic (exact) mass is 259 g/mol. The van der Waals surface area contributed by atoms with Crippen LogP contribution in [0.4, 0.5) is 4.79 Å². The molecule has 2 rings (SSSR count). The minimum absolute atomic E-state index is 0.00491. The molecule has 0 saturated carbocycles. The summed E-state index contributed by atoms with van der Waals surface area (Å²) in [6.07, 6.45) is 2.76. The molecule has 2 saturated heterocycles. The largest absolute Gasteiger partial charge is 0.359 e. The van der Waals surface area contributed by atoms with E-state index in [1.54, 1.807) is 7.05 Å². The molecular weight excluding hydrogens is 238 g/mol. The second-order valence-corrected chi connectivity index (χ2v) is 5.22. The van der Waals surface area contributed by atoms with Crippen LogP contribution in [0.3, 0.4) is 0 Å². The minimum Gasteiger partial charge on any atom is -0.359 e. The average molecular weight is 259 g/mol. The van der Waals surface area contributed by atoms with Gasteiger partial charge < -0.3 is 16.0 Å². The molecule has 0 aromatic carbocycles. The van der Waals surface area contributed by atoms with Crippen LogP contribution in [0.15, 0.2) is 0 Å². The molecule has 3 amide bonds. The van der Waals surface area contributed by atoms with Gasteiger partial charge in [-0.25, -0.2) is 4.79 Å². The normalized spacial score (nSPS) is 25.2. The predicted molar refractivity (Wildman–Crippen MR) is 70.2 cm³/mol. The zero-order chi connectivity index (χ0) is 12.7. The molecule has 5 nitrogen and oxygen atoms in total. The lowest BCUT2D eigenvalue weighted by Gasteiger charge is -2.02.